The molecule has 3 aromatic carbocycles. The molecule has 144 valence electrons. The molecule has 1 aliphatic rings. The Morgan fingerprint density at radius 3 is 1.68 bits per heavy atom. The van der Waals surface area contributed by atoms with Gasteiger partial charge in [0.25, 0.3) is 0 Å². The molecule has 0 atom stereocenters. The maximum absolute atomic E-state index is 9.45. The average Bonchev–Trinajstić information content (AvgIpc) is 2.76. The van der Waals surface area contributed by atoms with Gasteiger partial charge in [0.2, 0.25) is 0 Å². The summed E-state index contributed by atoms with van der Waals surface area (Å²) in [6.07, 6.45) is 0. The van der Waals surface area contributed by atoms with E-state index in [4.69, 9.17) is 0 Å². The van der Waals surface area contributed by atoms with Gasteiger partial charge < -0.3 is 5.11 Å². The molecule has 0 aromatic heterocycles. The zero-order chi connectivity index (χ0) is 19.2. The van der Waals surface area contributed by atoms with Crippen molar-refractivity contribution < 1.29 is 5.11 Å². The summed E-state index contributed by atoms with van der Waals surface area (Å²) < 4.78 is 0. The van der Waals surface area contributed by atoms with Crippen LogP contribution >= 0.6 is 0 Å². The molecule has 0 unspecified atom stereocenters. The molecule has 3 aromatic rings. The molecule has 0 saturated carbocycles. The first-order valence-corrected chi connectivity index (χ1v) is 10.1. The molecule has 0 radical (unpaired) electrons. The van der Waals surface area contributed by atoms with Crippen molar-refractivity contribution in [3.63, 3.8) is 0 Å². The second-order valence-corrected chi connectivity index (χ2v) is 7.62. The van der Waals surface area contributed by atoms with Gasteiger partial charge in [0.05, 0.1) is 0 Å². The number of piperazine rings is 1. The maximum Gasteiger partial charge on any atom is 0.115 e. The summed E-state index contributed by atoms with van der Waals surface area (Å²) in [5.41, 5.74) is 4.04. The van der Waals surface area contributed by atoms with Gasteiger partial charge in [-0.2, -0.15) is 0 Å². The second kappa shape index (κ2) is 9.05. The van der Waals surface area contributed by atoms with Gasteiger partial charge in [-0.1, -0.05) is 72.8 Å². The minimum Gasteiger partial charge on any atom is -0.508 e. The predicted octanol–water partition coefficient (Wildman–Crippen LogP) is 4.34. The lowest BCUT2D eigenvalue weighted by Gasteiger charge is -2.36. The number of benzene rings is 3. The van der Waals surface area contributed by atoms with E-state index < -0.39 is 0 Å². The van der Waals surface area contributed by atoms with Crippen LogP contribution in [0.4, 0.5) is 0 Å². The van der Waals surface area contributed by atoms with Crippen LogP contribution in [0.25, 0.3) is 0 Å². The zero-order valence-electron chi connectivity index (χ0n) is 16.2. The second-order valence-electron chi connectivity index (χ2n) is 7.62. The minimum atomic E-state index is 0.335. The monoisotopic (exact) mass is 372 g/mol. The van der Waals surface area contributed by atoms with Gasteiger partial charge in [-0.25, -0.2) is 0 Å². The highest BCUT2D eigenvalue weighted by Gasteiger charge is 2.22. The van der Waals surface area contributed by atoms with Crippen LogP contribution in [0.2, 0.25) is 0 Å². The number of aromatic hydroxyl groups is 1. The van der Waals surface area contributed by atoms with Gasteiger partial charge >= 0.3 is 0 Å². The van der Waals surface area contributed by atoms with Crippen LogP contribution < -0.4 is 0 Å². The Hall–Kier alpha value is -2.62. The zero-order valence-corrected chi connectivity index (χ0v) is 16.2. The molecule has 3 heteroatoms. The van der Waals surface area contributed by atoms with Crippen molar-refractivity contribution in [1.29, 1.82) is 0 Å². The first kappa shape index (κ1) is 18.7. The van der Waals surface area contributed by atoms with Gasteiger partial charge in [-0.05, 0) is 28.8 Å². The van der Waals surface area contributed by atoms with Crippen molar-refractivity contribution in [2.24, 2.45) is 0 Å². The summed E-state index contributed by atoms with van der Waals surface area (Å²) in [5.74, 6) is 0.743. The third-order valence-electron chi connectivity index (χ3n) is 5.65. The normalized spacial score (nSPS) is 15.8. The molecule has 3 nitrogen and oxygen atoms in total. The third kappa shape index (κ3) is 4.80. The van der Waals surface area contributed by atoms with E-state index in [0.717, 1.165) is 39.3 Å². The Kier molecular flexibility index (Phi) is 6.05. The molecular weight excluding hydrogens is 344 g/mol. The maximum atomic E-state index is 9.45. The quantitative estimate of drug-likeness (QED) is 0.697. The summed E-state index contributed by atoms with van der Waals surface area (Å²) in [5, 5.41) is 9.45. The van der Waals surface area contributed by atoms with E-state index in [0.29, 0.717) is 11.7 Å². The van der Waals surface area contributed by atoms with Gasteiger partial charge in [0.15, 0.2) is 0 Å². The molecule has 1 heterocycles. The molecule has 1 saturated heterocycles. The van der Waals surface area contributed by atoms with E-state index in [-0.39, 0.29) is 0 Å². The summed E-state index contributed by atoms with van der Waals surface area (Å²) in [7, 11) is 0. The van der Waals surface area contributed by atoms with E-state index in [2.05, 4.69) is 70.5 Å². The van der Waals surface area contributed by atoms with E-state index in [9.17, 15) is 5.11 Å². The molecule has 1 N–H and O–H groups in total. The molecular formula is C25H28N2O. The molecule has 4 rings (SSSR count). The van der Waals surface area contributed by atoms with Crippen LogP contribution in [0.5, 0.6) is 5.75 Å². The van der Waals surface area contributed by atoms with Crippen molar-refractivity contribution in [2.45, 2.75) is 12.5 Å². The highest BCUT2D eigenvalue weighted by atomic mass is 16.3. The van der Waals surface area contributed by atoms with Crippen molar-refractivity contribution in [1.82, 2.24) is 9.80 Å². The van der Waals surface area contributed by atoms with E-state index >= 15 is 0 Å². The van der Waals surface area contributed by atoms with Crippen molar-refractivity contribution in [2.75, 3.05) is 32.7 Å². The molecule has 0 spiro atoms. The molecule has 1 fully saturated rings. The average molecular weight is 373 g/mol. The first-order valence-electron chi connectivity index (χ1n) is 10.1. The highest BCUT2D eigenvalue weighted by molar-refractivity contribution is 5.33. The van der Waals surface area contributed by atoms with Gasteiger partial charge in [0.1, 0.15) is 5.75 Å². The molecule has 0 bridgehead atoms. The van der Waals surface area contributed by atoms with Crippen molar-refractivity contribution in [3.8, 4) is 5.75 Å². The predicted molar refractivity (Wildman–Crippen MR) is 115 cm³/mol. The minimum absolute atomic E-state index is 0.335. The van der Waals surface area contributed by atoms with Crippen LogP contribution in [0.3, 0.4) is 0 Å². The first-order chi connectivity index (χ1) is 13.8. The third-order valence-corrected chi connectivity index (χ3v) is 5.65. The van der Waals surface area contributed by atoms with Crippen LogP contribution in [0, 0.1) is 0 Å². The van der Waals surface area contributed by atoms with Gasteiger partial charge in [0, 0.05) is 45.2 Å². The summed E-state index contributed by atoms with van der Waals surface area (Å²) in [4.78, 5) is 5.10. The fraction of sp³-hybridized carbons (Fsp3) is 0.280. The summed E-state index contributed by atoms with van der Waals surface area (Å²) in [6.45, 7) is 6.35. The van der Waals surface area contributed by atoms with Crippen molar-refractivity contribution >= 4 is 0 Å². The van der Waals surface area contributed by atoms with Gasteiger partial charge in [-0.3, -0.25) is 9.80 Å². The topological polar surface area (TPSA) is 26.7 Å². The number of rotatable bonds is 6. The van der Waals surface area contributed by atoms with Crippen LogP contribution in [-0.4, -0.2) is 47.6 Å². The SMILES string of the molecule is Oc1ccc(CN2CCN(CC(c3ccccc3)c3ccccc3)CC2)cc1. The molecule has 1 aliphatic heterocycles. The Morgan fingerprint density at radius 2 is 1.14 bits per heavy atom. The number of hydrogen-bond donors (Lipinski definition) is 1. The Labute approximate surface area is 167 Å². The standard InChI is InChI=1S/C25H28N2O/c28-24-13-11-21(12-14-24)19-26-15-17-27(18-16-26)20-25(22-7-3-1-4-8-22)23-9-5-2-6-10-23/h1-14,25,28H,15-20H2. The van der Waals surface area contributed by atoms with Crippen LogP contribution in [-0.2, 0) is 6.54 Å². The number of nitrogens with zero attached hydrogens (tertiary/aromatic N) is 2. The molecule has 0 aliphatic carbocycles. The summed E-state index contributed by atoms with van der Waals surface area (Å²) >= 11 is 0. The van der Waals surface area contributed by atoms with E-state index in [1.807, 2.05) is 12.1 Å². The van der Waals surface area contributed by atoms with E-state index in [1.165, 1.54) is 16.7 Å². The lowest BCUT2D eigenvalue weighted by molar-refractivity contribution is 0.124. The highest BCUT2D eigenvalue weighted by Crippen LogP contribution is 2.26. The Morgan fingerprint density at radius 1 is 0.643 bits per heavy atom. The lowest BCUT2D eigenvalue weighted by Crippen LogP contribution is -2.47. The summed E-state index contributed by atoms with van der Waals surface area (Å²) in [6, 6.07) is 29.3. The van der Waals surface area contributed by atoms with E-state index in [1.54, 1.807) is 12.1 Å². The largest absolute Gasteiger partial charge is 0.508 e. The lowest BCUT2D eigenvalue weighted by atomic mass is 9.90. The number of phenols is 1. The van der Waals surface area contributed by atoms with Crippen LogP contribution in [0.1, 0.15) is 22.6 Å². The fourth-order valence-corrected chi connectivity index (χ4v) is 4.02. The fourth-order valence-electron chi connectivity index (χ4n) is 4.02. The molecule has 0 amide bonds. The van der Waals surface area contributed by atoms with Crippen molar-refractivity contribution in [3.05, 3.63) is 102 Å². The Bertz CT molecular complexity index is 801. The number of phenolic OH excluding ortho intramolecular Hbond substituents is 1. The Balaban J connectivity index is 1.38. The molecule has 28 heavy (non-hydrogen) atoms. The smallest absolute Gasteiger partial charge is 0.115 e. The van der Waals surface area contributed by atoms with Crippen LogP contribution in [0.15, 0.2) is 84.9 Å². The van der Waals surface area contributed by atoms with Gasteiger partial charge in [-0.15, -0.1) is 0 Å². The number of hydrogen-bond acceptors (Lipinski definition) is 3.